The molecule has 0 aromatic heterocycles. The molecule has 0 aromatic rings. The van der Waals surface area contributed by atoms with Crippen molar-refractivity contribution < 1.29 is 4.79 Å². The van der Waals surface area contributed by atoms with Gasteiger partial charge in [-0.3, -0.25) is 4.79 Å². The molecule has 1 saturated carbocycles. The van der Waals surface area contributed by atoms with Crippen molar-refractivity contribution in [2.24, 2.45) is 23.7 Å². The van der Waals surface area contributed by atoms with Gasteiger partial charge in [0.15, 0.2) is 0 Å². The molecule has 0 unspecified atom stereocenters. The third-order valence-corrected chi connectivity index (χ3v) is 4.59. The van der Waals surface area contributed by atoms with Crippen LogP contribution in [-0.4, -0.2) is 17.4 Å². The molecule has 2 bridgehead atoms. The summed E-state index contributed by atoms with van der Waals surface area (Å²) in [7, 11) is 0. The van der Waals surface area contributed by atoms with E-state index < -0.39 is 0 Å². The molecule has 2 aliphatic heterocycles. The Morgan fingerprint density at radius 3 is 2.88 bits per heavy atom. The van der Waals surface area contributed by atoms with Gasteiger partial charge in [-0.05, 0) is 30.8 Å². The van der Waals surface area contributed by atoms with Crippen LogP contribution in [0.5, 0.6) is 0 Å². The van der Waals surface area contributed by atoms with E-state index in [-0.39, 0.29) is 5.92 Å². The predicted molar refractivity (Wildman–Crippen MR) is 61.3 cm³/mol. The number of nitrogens with zero attached hydrogens (tertiary/aromatic N) is 1. The fourth-order valence-electron chi connectivity index (χ4n) is 3.96. The quantitative estimate of drug-likeness (QED) is 0.564. The van der Waals surface area contributed by atoms with Crippen molar-refractivity contribution in [2.45, 2.75) is 12.8 Å². The van der Waals surface area contributed by atoms with Crippen LogP contribution < -0.4 is 0 Å². The van der Waals surface area contributed by atoms with Crippen molar-refractivity contribution in [1.82, 2.24) is 4.90 Å². The van der Waals surface area contributed by atoms with Gasteiger partial charge in [0.05, 0.1) is 5.92 Å². The van der Waals surface area contributed by atoms with Crippen LogP contribution >= 0.6 is 0 Å². The second kappa shape index (κ2) is 2.88. The van der Waals surface area contributed by atoms with Gasteiger partial charge in [0.25, 0.3) is 0 Å². The Kier molecular flexibility index (Phi) is 1.58. The molecule has 0 radical (unpaired) electrons. The highest BCUT2D eigenvalue weighted by Gasteiger charge is 2.56. The highest BCUT2D eigenvalue weighted by atomic mass is 16.2. The van der Waals surface area contributed by atoms with E-state index in [2.05, 4.69) is 30.4 Å². The zero-order valence-electron chi connectivity index (χ0n) is 9.17. The van der Waals surface area contributed by atoms with Crippen LogP contribution in [-0.2, 0) is 4.79 Å². The maximum Gasteiger partial charge on any atom is 0.231 e. The first-order chi connectivity index (χ1) is 7.86. The van der Waals surface area contributed by atoms with E-state index in [1.807, 2.05) is 4.90 Å². The van der Waals surface area contributed by atoms with E-state index in [1.54, 1.807) is 0 Å². The van der Waals surface area contributed by atoms with Gasteiger partial charge in [0, 0.05) is 18.2 Å². The molecular weight excluding hydrogens is 198 g/mol. The topological polar surface area (TPSA) is 20.3 Å². The van der Waals surface area contributed by atoms with E-state index in [0.717, 1.165) is 13.0 Å². The van der Waals surface area contributed by atoms with Gasteiger partial charge in [-0.2, -0.15) is 0 Å². The van der Waals surface area contributed by atoms with Crippen LogP contribution in [0.3, 0.4) is 0 Å². The molecule has 1 saturated heterocycles. The summed E-state index contributed by atoms with van der Waals surface area (Å²) in [6.07, 6.45) is 13.3. The SMILES string of the molecule is O=C1[C@@H]2[C@H](C3=CC=CCCN13)[C@@H]1C=C[C@H]2C1. The Balaban J connectivity index is 1.83. The average Bonchev–Trinajstić information content (AvgIpc) is 2.89. The summed E-state index contributed by atoms with van der Waals surface area (Å²) in [4.78, 5) is 14.4. The molecule has 2 nitrogen and oxygen atoms in total. The lowest BCUT2D eigenvalue weighted by Gasteiger charge is -2.20. The molecule has 4 aliphatic rings. The van der Waals surface area contributed by atoms with Crippen LogP contribution in [0.1, 0.15) is 12.8 Å². The van der Waals surface area contributed by atoms with Gasteiger partial charge in [-0.25, -0.2) is 0 Å². The monoisotopic (exact) mass is 213 g/mol. The number of hydrogen-bond acceptors (Lipinski definition) is 1. The normalized spacial score (nSPS) is 43.4. The molecule has 2 aliphatic carbocycles. The number of amides is 1. The van der Waals surface area contributed by atoms with Crippen LogP contribution in [0.2, 0.25) is 0 Å². The van der Waals surface area contributed by atoms with Gasteiger partial charge in [0.2, 0.25) is 5.91 Å². The molecule has 1 amide bonds. The van der Waals surface area contributed by atoms with E-state index >= 15 is 0 Å². The van der Waals surface area contributed by atoms with Crippen molar-refractivity contribution in [2.75, 3.05) is 6.54 Å². The zero-order valence-corrected chi connectivity index (χ0v) is 9.17. The first-order valence-corrected chi connectivity index (χ1v) is 6.23. The van der Waals surface area contributed by atoms with E-state index in [9.17, 15) is 4.79 Å². The number of carbonyl (C=O) groups is 1. The lowest BCUT2D eigenvalue weighted by Crippen LogP contribution is -2.28. The maximum atomic E-state index is 12.4. The minimum atomic E-state index is 0.271. The van der Waals surface area contributed by atoms with Gasteiger partial charge >= 0.3 is 0 Å². The summed E-state index contributed by atoms with van der Waals surface area (Å²) >= 11 is 0. The number of fused-ring (bicyclic) bond motifs is 7. The average molecular weight is 213 g/mol. The van der Waals surface area contributed by atoms with Crippen LogP contribution in [0, 0.1) is 23.7 Å². The number of allylic oxidation sites excluding steroid dienone is 5. The van der Waals surface area contributed by atoms with Crippen molar-refractivity contribution >= 4 is 5.91 Å². The molecule has 82 valence electrons. The van der Waals surface area contributed by atoms with Crippen molar-refractivity contribution in [1.29, 1.82) is 0 Å². The van der Waals surface area contributed by atoms with Crippen LogP contribution in [0.4, 0.5) is 0 Å². The Morgan fingerprint density at radius 2 is 2.00 bits per heavy atom. The number of hydrogen-bond donors (Lipinski definition) is 0. The second-order valence-corrected chi connectivity index (χ2v) is 5.30. The second-order valence-electron chi connectivity index (χ2n) is 5.30. The van der Waals surface area contributed by atoms with Gasteiger partial charge in [-0.15, -0.1) is 0 Å². The molecule has 0 aromatic carbocycles. The molecule has 4 atom stereocenters. The standard InChI is InChI=1S/C14H15NO/c16-14-13-10-6-5-9(8-10)12(13)11-4-2-1-3-7-15(11)14/h1-2,4-6,9-10,12-13H,3,7-8H2/t9-,10+,12+,13+/m1/s1. The van der Waals surface area contributed by atoms with E-state index in [0.29, 0.717) is 23.7 Å². The molecule has 4 rings (SSSR count). The summed E-state index contributed by atoms with van der Waals surface area (Å²) in [6, 6.07) is 0. The molecule has 2 heteroatoms. The summed E-state index contributed by atoms with van der Waals surface area (Å²) in [5.74, 6) is 2.30. The molecular formula is C14H15NO. The first-order valence-electron chi connectivity index (χ1n) is 6.23. The van der Waals surface area contributed by atoms with Gasteiger partial charge in [-0.1, -0.05) is 24.3 Å². The largest absolute Gasteiger partial charge is 0.315 e. The van der Waals surface area contributed by atoms with Crippen LogP contribution in [0.15, 0.2) is 36.1 Å². The molecule has 2 fully saturated rings. The summed E-state index contributed by atoms with van der Waals surface area (Å²) in [6.45, 7) is 0.883. The third kappa shape index (κ3) is 0.909. The maximum absolute atomic E-state index is 12.4. The van der Waals surface area contributed by atoms with E-state index in [4.69, 9.17) is 0 Å². The Hall–Kier alpha value is -1.31. The summed E-state index contributed by atoms with van der Waals surface area (Å²) < 4.78 is 0. The highest BCUT2D eigenvalue weighted by Crippen LogP contribution is 2.56. The first kappa shape index (κ1) is 8.80. The van der Waals surface area contributed by atoms with Gasteiger partial charge < -0.3 is 4.90 Å². The van der Waals surface area contributed by atoms with Crippen LogP contribution in [0.25, 0.3) is 0 Å². The summed E-state index contributed by atoms with van der Waals surface area (Å²) in [5.41, 5.74) is 1.29. The third-order valence-electron chi connectivity index (χ3n) is 4.59. The Morgan fingerprint density at radius 1 is 1.19 bits per heavy atom. The molecule has 0 spiro atoms. The highest BCUT2D eigenvalue weighted by molar-refractivity contribution is 5.86. The van der Waals surface area contributed by atoms with Gasteiger partial charge in [0.1, 0.15) is 0 Å². The zero-order chi connectivity index (χ0) is 10.7. The summed E-state index contributed by atoms with van der Waals surface area (Å²) in [5, 5.41) is 0. The van der Waals surface area contributed by atoms with E-state index in [1.165, 1.54) is 12.1 Å². The lowest BCUT2D eigenvalue weighted by atomic mass is 9.84. The number of carbonyl (C=O) groups excluding carboxylic acids is 1. The molecule has 2 heterocycles. The molecule has 0 N–H and O–H groups in total. The number of rotatable bonds is 0. The lowest BCUT2D eigenvalue weighted by molar-refractivity contribution is -0.131. The van der Waals surface area contributed by atoms with Crippen molar-refractivity contribution in [3.8, 4) is 0 Å². The molecule has 16 heavy (non-hydrogen) atoms. The Bertz CT molecular complexity index is 446. The fourth-order valence-corrected chi connectivity index (χ4v) is 3.96. The minimum Gasteiger partial charge on any atom is -0.315 e. The fraction of sp³-hybridized carbons (Fsp3) is 0.500. The minimum absolute atomic E-state index is 0.271. The van der Waals surface area contributed by atoms with Crippen molar-refractivity contribution in [3.05, 3.63) is 36.1 Å². The van der Waals surface area contributed by atoms with Crippen molar-refractivity contribution in [3.63, 3.8) is 0 Å². The smallest absolute Gasteiger partial charge is 0.231 e. The predicted octanol–water partition coefficient (Wildman–Crippen LogP) is 2.11. The Labute approximate surface area is 95.3 Å².